The number of hydrogen-bond donors (Lipinski definition) is 2. The Labute approximate surface area is 113 Å². The molecule has 1 saturated carbocycles. The van der Waals surface area contributed by atoms with Gasteiger partial charge in [-0.3, -0.25) is 0 Å². The molecule has 0 saturated heterocycles. The summed E-state index contributed by atoms with van der Waals surface area (Å²) in [5.74, 6) is 0.660. The quantitative estimate of drug-likeness (QED) is 0.829. The molecule has 4 nitrogen and oxygen atoms in total. The minimum absolute atomic E-state index is 0.219. The maximum absolute atomic E-state index is 10.5. The highest BCUT2D eigenvalue weighted by molar-refractivity contribution is 6.28. The van der Waals surface area contributed by atoms with Crippen molar-refractivity contribution in [2.45, 2.75) is 45.1 Å². The van der Waals surface area contributed by atoms with Gasteiger partial charge in [-0.2, -0.15) is 0 Å². The summed E-state index contributed by atoms with van der Waals surface area (Å²) in [4.78, 5) is 7.87. The predicted molar refractivity (Wildman–Crippen MR) is 72.7 cm³/mol. The summed E-state index contributed by atoms with van der Waals surface area (Å²) in [5.41, 5.74) is -0.280. The van der Waals surface area contributed by atoms with E-state index in [1.807, 2.05) is 0 Å². The Kier molecular flexibility index (Phi) is 3.78. The number of nitrogens with one attached hydrogen (secondary N) is 1. The third-order valence-electron chi connectivity index (χ3n) is 3.76. The summed E-state index contributed by atoms with van der Waals surface area (Å²) in [5, 5.41) is 13.9. The van der Waals surface area contributed by atoms with Crippen LogP contribution in [0.3, 0.4) is 0 Å². The van der Waals surface area contributed by atoms with Gasteiger partial charge in [0.25, 0.3) is 0 Å². The van der Waals surface area contributed by atoms with Gasteiger partial charge in [0.1, 0.15) is 5.82 Å². The number of anilines is 1. The molecule has 1 heterocycles. The van der Waals surface area contributed by atoms with E-state index in [2.05, 4.69) is 29.1 Å². The third kappa shape index (κ3) is 3.56. The van der Waals surface area contributed by atoms with Crippen molar-refractivity contribution in [2.75, 3.05) is 11.9 Å². The van der Waals surface area contributed by atoms with Crippen LogP contribution in [0.5, 0.6) is 0 Å². The number of halogens is 1. The fourth-order valence-corrected chi connectivity index (χ4v) is 2.40. The van der Waals surface area contributed by atoms with E-state index in [0.717, 1.165) is 25.7 Å². The first-order valence-corrected chi connectivity index (χ1v) is 6.71. The summed E-state index contributed by atoms with van der Waals surface area (Å²) in [6.07, 6.45) is 5.36. The molecule has 0 amide bonds. The molecule has 2 rings (SSSR count). The number of rotatable bonds is 3. The zero-order chi connectivity index (χ0) is 13.2. The molecule has 0 aliphatic heterocycles. The number of nitrogens with zero attached hydrogens (tertiary/aromatic N) is 2. The predicted octanol–water partition coefficient (Wildman–Crippen LogP) is 2.87. The lowest BCUT2D eigenvalue weighted by Crippen LogP contribution is -2.42. The van der Waals surface area contributed by atoms with E-state index in [-0.39, 0.29) is 5.28 Å². The molecule has 0 bridgehead atoms. The average Bonchev–Trinajstić information content (AvgIpc) is 2.32. The molecule has 18 heavy (non-hydrogen) atoms. The second kappa shape index (κ2) is 5.02. The van der Waals surface area contributed by atoms with Crippen molar-refractivity contribution in [3.63, 3.8) is 0 Å². The highest BCUT2D eigenvalue weighted by Crippen LogP contribution is 2.40. The fourth-order valence-electron chi connectivity index (χ4n) is 2.26. The van der Waals surface area contributed by atoms with Gasteiger partial charge in [0.2, 0.25) is 5.28 Å². The molecular weight excluding hydrogens is 250 g/mol. The van der Waals surface area contributed by atoms with Crippen molar-refractivity contribution >= 4 is 17.4 Å². The van der Waals surface area contributed by atoms with Gasteiger partial charge in [0.05, 0.1) is 5.60 Å². The van der Waals surface area contributed by atoms with Crippen molar-refractivity contribution in [1.82, 2.24) is 9.97 Å². The number of hydrogen-bond acceptors (Lipinski definition) is 4. The molecule has 2 N–H and O–H groups in total. The van der Waals surface area contributed by atoms with Crippen LogP contribution in [0.25, 0.3) is 0 Å². The Morgan fingerprint density at radius 2 is 2.00 bits per heavy atom. The van der Waals surface area contributed by atoms with E-state index in [4.69, 9.17) is 11.6 Å². The van der Waals surface area contributed by atoms with Gasteiger partial charge in [-0.05, 0) is 48.8 Å². The lowest BCUT2D eigenvalue weighted by atomic mass is 9.71. The Hall–Kier alpha value is -0.870. The zero-order valence-electron chi connectivity index (χ0n) is 10.9. The van der Waals surface area contributed by atoms with E-state index in [1.54, 1.807) is 12.3 Å². The molecule has 1 aliphatic rings. The Morgan fingerprint density at radius 3 is 2.61 bits per heavy atom. The highest BCUT2D eigenvalue weighted by Gasteiger charge is 2.36. The Bertz CT molecular complexity index is 412. The molecule has 5 heteroatoms. The number of aliphatic hydroxyl groups is 1. The lowest BCUT2D eigenvalue weighted by molar-refractivity contribution is -0.0145. The molecule has 0 aromatic carbocycles. The summed E-state index contributed by atoms with van der Waals surface area (Å²) < 4.78 is 0. The summed E-state index contributed by atoms with van der Waals surface area (Å²) in [6, 6.07) is 1.75. The molecule has 0 atom stereocenters. The minimum atomic E-state index is -0.632. The van der Waals surface area contributed by atoms with Crippen LogP contribution < -0.4 is 5.32 Å². The van der Waals surface area contributed by atoms with Gasteiger partial charge in [0.15, 0.2) is 0 Å². The second-order valence-electron chi connectivity index (χ2n) is 5.95. The van der Waals surface area contributed by atoms with Crippen LogP contribution >= 0.6 is 11.6 Å². The highest BCUT2D eigenvalue weighted by atomic mass is 35.5. The van der Waals surface area contributed by atoms with Crippen LogP contribution in [-0.2, 0) is 0 Å². The average molecular weight is 270 g/mol. The molecule has 1 aromatic rings. The maximum Gasteiger partial charge on any atom is 0.224 e. The first-order chi connectivity index (χ1) is 8.39. The smallest absolute Gasteiger partial charge is 0.224 e. The second-order valence-corrected chi connectivity index (χ2v) is 6.29. The first-order valence-electron chi connectivity index (χ1n) is 6.33. The van der Waals surface area contributed by atoms with E-state index < -0.39 is 5.60 Å². The third-order valence-corrected chi connectivity index (χ3v) is 3.94. The molecule has 0 spiro atoms. The summed E-state index contributed by atoms with van der Waals surface area (Å²) in [7, 11) is 0. The molecule has 1 aromatic heterocycles. The van der Waals surface area contributed by atoms with Crippen LogP contribution in [0.15, 0.2) is 12.3 Å². The van der Waals surface area contributed by atoms with Crippen LogP contribution in [0.1, 0.15) is 39.5 Å². The van der Waals surface area contributed by atoms with E-state index in [9.17, 15) is 5.11 Å². The van der Waals surface area contributed by atoms with Crippen molar-refractivity contribution in [2.24, 2.45) is 5.41 Å². The molecule has 1 aliphatic carbocycles. The first kappa shape index (κ1) is 13.6. The fraction of sp³-hybridized carbons (Fsp3) is 0.692. The summed E-state index contributed by atoms with van der Waals surface area (Å²) >= 11 is 5.71. The van der Waals surface area contributed by atoms with E-state index in [1.165, 1.54) is 0 Å². The SMILES string of the molecule is CC1(C)CCC(O)(CNc2ccnc(Cl)n2)CC1. The van der Waals surface area contributed by atoms with E-state index >= 15 is 0 Å². The zero-order valence-corrected chi connectivity index (χ0v) is 11.7. The van der Waals surface area contributed by atoms with Gasteiger partial charge < -0.3 is 10.4 Å². The van der Waals surface area contributed by atoms with Crippen molar-refractivity contribution in [1.29, 1.82) is 0 Å². The lowest BCUT2D eigenvalue weighted by Gasteiger charge is -2.40. The normalized spacial score (nSPS) is 21.6. The monoisotopic (exact) mass is 269 g/mol. The van der Waals surface area contributed by atoms with Crippen molar-refractivity contribution < 1.29 is 5.11 Å². The van der Waals surface area contributed by atoms with Gasteiger partial charge in [-0.25, -0.2) is 9.97 Å². The Morgan fingerprint density at radius 1 is 1.33 bits per heavy atom. The van der Waals surface area contributed by atoms with Crippen LogP contribution in [0, 0.1) is 5.41 Å². The van der Waals surface area contributed by atoms with Gasteiger partial charge in [-0.1, -0.05) is 13.8 Å². The topological polar surface area (TPSA) is 58.0 Å². The van der Waals surface area contributed by atoms with Gasteiger partial charge in [-0.15, -0.1) is 0 Å². The van der Waals surface area contributed by atoms with Crippen molar-refractivity contribution in [3.05, 3.63) is 17.5 Å². The minimum Gasteiger partial charge on any atom is -0.388 e. The largest absolute Gasteiger partial charge is 0.388 e. The number of aromatic nitrogens is 2. The van der Waals surface area contributed by atoms with Crippen molar-refractivity contribution in [3.8, 4) is 0 Å². The van der Waals surface area contributed by atoms with Crippen LogP contribution in [0.2, 0.25) is 5.28 Å². The Balaban J connectivity index is 1.90. The van der Waals surface area contributed by atoms with Gasteiger partial charge in [0, 0.05) is 12.7 Å². The molecular formula is C13H20ClN3O. The van der Waals surface area contributed by atoms with Gasteiger partial charge >= 0.3 is 0 Å². The van der Waals surface area contributed by atoms with E-state index in [0.29, 0.717) is 17.8 Å². The van der Waals surface area contributed by atoms with Crippen LogP contribution in [0.4, 0.5) is 5.82 Å². The molecule has 1 fully saturated rings. The maximum atomic E-state index is 10.5. The molecule has 0 radical (unpaired) electrons. The van der Waals surface area contributed by atoms with Crippen LogP contribution in [-0.4, -0.2) is 27.2 Å². The molecule has 0 unspecified atom stereocenters. The molecule has 100 valence electrons. The summed E-state index contributed by atoms with van der Waals surface area (Å²) in [6.45, 7) is 5.02. The standard InChI is InChI=1S/C13H20ClN3O/c1-12(2)4-6-13(18,7-5-12)9-16-10-3-8-15-11(14)17-10/h3,8,18H,4-7,9H2,1-2H3,(H,15,16,17).